The van der Waals surface area contributed by atoms with Gasteiger partial charge in [0.25, 0.3) is 0 Å². The van der Waals surface area contributed by atoms with Gasteiger partial charge in [0, 0.05) is 11.2 Å². The quantitative estimate of drug-likeness (QED) is 0.680. The molecule has 0 radical (unpaired) electrons. The van der Waals surface area contributed by atoms with E-state index in [1.807, 2.05) is 44.3 Å². The van der Waals surface area contributed by atoms with Gasteiger partial charge in [0.05, 0.1) is 16.6 Å². The number of aryl methyl sites for hydroxylation is 1. The fourth-order valence-corrected chi connectivity index (χ4v) is 2.60. The zero-order valence-electron chi connectivity index (χ0n) is 12.1. The van der Waals surface area contributed by atoms with E-state index in [1.54, 1.807) is 4.68 Å². The Balaban J connectivity index is 1.78. The van der Waals surface area contributed by atoms with Crippen LogP contribution in [-0.2, 0) is 6.42 Å². The summed E-state index contributed by atoms with van der Waals surface area (Å²) in [5, 5.41) is 13.3. The minimum Gasteiger partial charge on any atom is -0.423 e. The van der Waals surface area contributed by atoms with Crippen LogP contribution in [0.3, 0.4) is 0 Å². The first kappa shape index (κ1) is 15.2. The van der Waals surface area contributed by atoms with Crippen molar-refractivity contribution in [2.24, 2.45) is 0 Å². The van der Waals surface area contributed by atoms with Crippen molar-refractivity contribution in [2.45, 2.75) is 26.3 Å². The van der Waals surface area contributed by atoms with Crippen LogP contribution < -0.4 is 0 Å². The summed E-state index contributed by atoms with van der Waals surface area (Å²) in [5.74, 6) is 1.10. The van der Waals surface area contributed by atoms with Crippen LogP contribution in [0.4, 0.5) is 0 Å². The molecule has 1 atom stereocenters. The lowest BCUT2D eigenvalue weighted by atomic mass is 10.1. The average molecular weight is 382 g/mol. The zero-order valence-corrected chi connectivity index (χ0v) is 14.5. The van der Waals surface area contributed by atoms with Gasteiger partial charge in [0.2, 0.25) is 11.8 Å². The van der Waals surface area contributed by atoms with Gasteiger partial charge >= 0.3 is 0 Å². The lowest BCUT2D eigenvalue weighted by Gasteiger charge is -2.06. The highest BCUT2D eigenvalue weighted by Gasteiger charge is 2.17. The summed E-state index contributed by atoms with van der Waals surface area (Å²) in [6.45, 7) is 3.90. The van der Waals surface area contributed by atoms with Crippen molar-refractivity contribution in [2.75, 3.05) is 0 Å². The molecule has 114 valence electrons. The van der Waals surface area contributed by atoms with Crippen LogP contribution in [0.15, 0.2) is 39.4 Å². The van der Waals surface area contributed by atoms with Gasteiger partial charge in [0.15, 0.2) is 0 Å². The second kappa shape index (κ2) is 6.22. The molecule has 2 aromatic heterocycles. The highest BCUT2D eigenvalue weighted by Crippen LogP contribution is 2.22. The van der Waals surface area contributed by atoms with Crippen LogP contribution in [0.25, 0.3) is 0 Å². The predicted molar refractivity (Wildman–Crippen MR) is 87.0 cm³/mol. The van der Waals surface area contributed by atoms with E-state index in [0.29, 0.717) is 23.2 Å². The topological polar surface area (TPSA) is 56.7 Å². The molecule has 0 aliphatic carbocycles. The highest BCUT2D eigenvalue weighted by atomic mass is 79.9. The molecule has 2 heterocycles. The van der Waals surface area contributed by atoms with E-state index in [2.05, 4.69) is 31.2 Å². The largest absolute Gasteiger partial charge is 0.423 e. The molecule has 0 aliphatic heterocycles. The van der Waals surface area contributed by atoms with Crippen LogP contribution in [0.2, 0.25) is 5.02 Å². The van der Waals surface area contributed by atoms with Crippen LogP contribution in [-0.4, -0.2) is 20.0 Å². The molecule has 0 saturated carbocycles. The number of nitrogens with zero attached hydrogens (tertiary/aromatic N) is 4. The van der Waals surface area contributed by atoms with E-state index in [4.69, 9.17) is 16.0 Å². The van der Waals surface area contributed by atoms with E-state index in [9.17, 15) is 0 Å². The van der Waals surface area contributed by atoms with E-state index in [1.165, 1.54) is 0 Å². The summed E-state index contributed by atoms with van der Waals surface area (Å²) in [6.07, 6.45) is 2.46. The Bertz CT molecular complexity index is 779. The number of rotatable bonds is 4. The van der Waals surface area contributed by atoms with Gasteiger partial charge in [0.1, 0.15) is 6.04 Å². The molecule has 0 N–H and O–H groups in total. The Hall–Kier alpha value is -1.66. The summed E-state index contributed by atoms with van der Waals surface area (Å²) in [5.41, 5.74) is 1.96. The first-order valence-corrected chi connectivity index (χ1v) is 7.98. The maximum absolute atomic E-state index is 5.98. The molecule has 0 aliphatic rings. The van der Waals surface area contributed by atoms with Gasteiger partial charge in [-0.05, 0) is 47.5 Å². The van der Waals surface area contributed by atoms with Gasteiger partial charge in [-0.1, -0.05) is 23.7 Å². The Morgan fingerprint density at radius 1 is 1.36 bits per heavy atom. The lowest BCUT2D eigenvalue weighted by molar-refractivity contribution is 0.391. The van der Waals surface area contributed by atoms with Crippen molar-refractivity contribution >= 4 is 27.5 Å². The molecular weight excluding hydrogens is 368 g/mol. The van der Waals surface area contributed by atoms with Crippen molar-refractivity contribution in [3.63, 3.8) is 0 Å². The first-order valence-electron chi connectivity index (χ1n) is 6.81. The monoisotopic (exact) mass is 380 g/mol. The Kier molecular flexibility index (Phi) is 4.31. The molecule has 5 nitrogen and oxygen atoms in total. The van der Waals surface area contributed by atoms with Crippen molar-refractivity contribution in [1.29, 1.82) is 0 Å². The highest BCUT2D eigenvalue weighted by molar-refractivity contribution is 9.10. The molecular formula is C15H14BrClN4O. The third kappa shape index (κ3) is 3.23. The maximum Gasteiger partial charge on any atom is 0.240 e. The molecule has 1 aromatic carbocycles. The van der Waals surface area contributed by atoms with Crippen molar-refractivity contribution in [3.05, 3.63) is 63.0 Å². The SMILES string of the molecule is Cc1nn(C(C)c2nnc(Cc3cccc(Cl)c3)o2)cc1Br. The van der Waals surface area contributed by atoms with Crippen molar-refractivity contribution in [3.8, 4) is 0 Å². The minimum absolute atomic E-state index is 0.120. The summed E-state index contributed by atoms with van der Waals surface area (Å²) in [4.78, 5) is 0. The van der Waals surface area contributed by atoms with Crippen LogP contribution >= 0.6 is 27.5 Å². The van der Waals surface area contributed by atoms with Gasteiger partial charge in [-0.25, -0.2) is 0 Å². The van der Waals surface area contributed by atoms with Crippen molar-refractivity contribution < 1.29 is 4.42 Å². The van der Waals surface area contributed by atoms with E-state index in [-0.39, 0.29) is 6.04 Å². The molecule has 3 aromatic rings. The Morgan fingerprint density at radius 3 is 2.86 bits per heavy atom. The van der Waals surface area contributed by atoms with Gasteiger partial charge < -0.3 is 4.42 Å². The number of hydrogen-bond acceptors (Lipinski definition) is 4. The fraction of sp³-hybridized carbons (Fsp3) is 0.267. The van der Waals surface area contributed by atoms with Gasteiger partial charge in [-0.2, -0.15) is 5.10 Å². The third-order valence-corrected chi connectivity index (χ3v) is 4.35. The molecule has 0 bridgehead atoms. The molecule has 7 heteroatoms. The summed E-state index contributed by atoms with van der Waals surface area (Å²) < 4.78 is 8.51. The number of hydrogen-bond donors (Lipinski definition) is 0. The second-order valence-corrected chi connectivity index (χ2v) is 6.35. The van der Waals surface area contributed by atoms with E-state index < -0.39 is 0 Å². The standard InChI is InChI=1S/C15H14BrClN4O/c1-9-13(16)8-21(20-9)10(2)15-19-18-14(22-15)7-11-4-3-5-12(17)6-11/h3-6,8,10H,7H2,1-2H3. The Labute approximate surface area is 141 Å². The number of benzene rings is 1. The van der Waals surface area contributed by atoms with E-state index >= 15 is 0 Å². The average Bonchev–Trinajstić information content (AvgIpc) is 3.06. The van der Waals surface area contributed by atoms with Gasteiger partial charge in [-0.3, -0.25) is 4.68 Å². The molecule has 0 spiro atoms. The second-order valence-electron chi connectivity index (χ2n) is 5.06. The smallest absolute Gasteiger partial charge is 0.240 e. The summed E-state index contributed by atoms with van der Waals surface area (Å²) in [7, 11) is 0. The first-order chi connectivity index (χ1) is 10.5. The maximum atomic E-state index is 5.98. The molecule has 3 rings (SSSR count). The van der Waals surface area contributed by atoms with E-state index in [0.717, 1.165) is 15.7 Å². The molecule has 22 heavy (non-hydrogen) atoms. The van der Waals surface area contributed by atoms with Crippen LogP contribution in [0, 0.1) is 6.92 Å². The Morgan fingerprint density at radius 2 is 2.18 bits per heavy atom. The molecule has 0 fully saturated rings. The van der Waals surface area contributed by atoms with Crippen LogP contribution in [0.1, 0.15) is 36.0 Å². The normalized spacial score (nSPS) is 12.5. The molecule has 0 saturated heterocycles. The fourth-order valence-electron chi connectivity index (χ4n) is 2.10. The number of halogens is 2. The molecule has 1 unspecified atom stereocenters. The summed E-state index contributed by atoms with van der Waals surface area (Å²) >= 11 is 9.43. The lowest BCUT2D eigenvalue weighted by Crippen LogP contribution is -2.07. The van der Waals surface area contributed by atoms with Crippen LogP contribution in [0.5, 0.6) is 0 Å². The third-order valence-electron chi connectivity index (χ3n) is 3.34. The van der Waals surface area contributed by atoms with Gasteiger partial charge in [-0.15, -0.1) is 10.2 Å². The van der Waals surface area contributed by atoms with Crippen molar-refractivity contribution in [1.82, 2.24) is 20.0 Å². The predicted octanol–water partition coefficient (Wildman–Crippen LogP) is 4.19. The zero-order chi connectivity index (χ0) is 15.7. The summed E-state index contributed by atoms with van der Waals surface area (Å²) in [6, 6.07) is 7.49. The molecule has 0 amide bonds. The minimum atomic E-state index is -0.120. The number of aromatic nitrogens is 4.